The first-order chi connectivity index (χ1) is 11.2. The van der Waals surface area contributed by atoms with Gasteiger partial charge in [-0.15, -0.1) is 0 Å². The Morgan fingerprint density at radius 3 is 2.83 bits per heavy atom. The van der Waals surface area contributed by atoms with E-state index in [1.54, 1.807) is 0 Å². The van der Waals surface area contributed by atoms with Gasteiger partial charge in [-0.2, -0.15) is 0 Å². The Labute approximate surface area is 136 Å². The Hall–Kier alpha value is -2.62. The van der Waals surface area contributed by atoms with Crippen LogP contribution in [0.15, 0.2) is 54.9 Å². The summed E-state index contributed by atoms with van der Waals surface area (Å²) in [5.41, 5.74) is 3.58. The van der Waals surface area contributed by atoms with Gasteiger partial charge in [0.25, 0.3) is 0 Å². The van der Waals surface area contributed by atoms with E-state index in [-0.39, 0.29) is 5.91 Å². The topological polar surface area (TPSA) is 46.4 Å². The Bertz CT molecular complexity index is 790. The second-order valence-electron chi connectivity index (χ2n) is 5.79. The molecule has 0 saturated carbocycles. The number of imidazole rings is 1. The van der Waals surface area contributed by atoms with Crippen LogP contribution in [0, 0.1) is 6.92 Å². The highest BCUT2D eigenvalue weighted by Crippen LogP contribution is 2.08. The normalized spacial score (nSPS) is 10.8. The Balaban J connectivity index is 1.45. The smallest absolute Gasteiger partial charge is 0.220 e. The minimum atomic E-state index is 0.0739. The van der Waals surface area contributed by atoms with Crippen LogP contribution in [0.5, 0.6) is 0 Å². The SMILES string of the molecule is Cc1ccc(CCCC(=O)NCc2ncc3ccccn23)cc1. The highest BCUT2D eigenvalue weighted by atomic mass is 16.1. The number of carbonyl (C=O) groups is 1. The van der Waals surface area contributed by atoms with Crippen molar-refractivity contribution >= 4 is 11.4 Å². The first kappa shape index (κ1) is 15.3. The molecule has 3 rings (SSSR count). The summed E-state index contributed by atoms with van der Waals surface area (Å²) in [6.45, 7) is 2.54. The molecule has 0 bridgehead atoms. The molecule has 118 valence electrons. The van der Waals surface area contributed by atoms with Crippen molar-refractivity contribution in [2.45, 2.75) is 32.7 Å². The fourth-order valence-corrected chi connectivity index (χ4v) is 2.60. The molecule has 4 heteroatoms. The Kier molecular flexibility index (Phi) is 4.71. The van der Waals surface area contributed by atoms with E-state index < -0.39 is 0 Å². The number of hydrogen-bond donors (Lipinski definition) is 1. The maximum absolute atomic E-state index is 12.0. The van der Waals surface area contributed by atoms with Crippen molar-refractivity contribution in [3.8, 4) is 0 Å². The van der Waals surface area contributed by atoms with Crippen LogP contribution >= 0.6 is 0 Å². The molecule has 2 aromatic heterocycles. The number of fused-ring (bicyclic) bond motifs is 1. The zero-order chi connectivity index (χ0) is 16.1. The molecule has 0 spiro atoms. The maximum atomic E-state index is 12.0. The van der Waals surface area contributed by atoms with E-state index >= 15 is 0 Å². The highest BCUT2D eigenvalue weighted by molar-refractivity contribution is 5.75. The molecule has 0 aliphatic heterocycles. The summed E-state index contributed by atoms with van der Waals surface area (Å²) in [4.78, 5) is 16.3. The number of pyridine rings is 1. The number of benzene rings is 1. The highest BCUT2D eigenvalue weighted by Gasteiger charge is 2.06. The van der Waals surface area contributed by atoms with Crippen molar-refractivity contribution in [3.63, 3.8) is 0 Å². The van der Waals surface area contributed by atoms with E-state index in [4.69, 9.17) is 0 Å². The minimum Gasteiger partial charge on any atom is -0.349 e. The molecule has 1 amide bonds. The van der Waals surface area contributed by atoms with E-state index in [9.17, 15) is 4.79 Å². The lowest BCUT2D eigenvalue weighted by Crippen LogP contribution is -2.23. The molecule has 2 heterocycles. The zero-order valence-corrected chi connectivity index (χ0v) is 13.3. The van der Waals surface area contributed by atoms with Crippen molar-refractivity contribution in [1.29, 1.82) is 0 Å². The molecule has 3 aromatic rings. The van der Waals surface area contributed by atoms with Gasteiger partial charge in [0.2, 0.25) is 5.91 Å². The fourth-order valence-electron chi connectivity index (χ4n) is 2.60. The van der Waals surface area contributed by atoms with Crippen LogP contribution < -0.4 is 5.32 Å². The van der Waals surface area contributed by atoms with Crippen molar-refractivity contribution in [2.24, 2.45) is 0 Å². The number of rotatable bonds is 6. The predicted octanol–water partition coefficient (Wildman–Crippen LogP) is 3.28. The van der Waals surface area contributed by atoms with Gasteiger partial charge in [-0.25, -0.2) is 4.98 Å². The van der Waals surface area contributed by atoms with Gasteiger partial charge >= 0.3 is 0 Å². The van der Waals surface area contributed by atoms with E-state index in [0.29, 0.717) is 13.0 Å². The summed E-state index contributed by atoms with van der Waals surface area (Å²) in [6.07, 6.45) is 6.11. The van der Waals surface area contributed by atoms with Crippen molar-refractivity contribution in [2.75, 3.05) is 0 Å². The first-order valence-corrected chi connectivity index (χ1v) is 7.95. The number of nitrogens with one attached hydrogen (secondary N) is 1. The number of nitrogens with zero attached hydrogens (tertiary/aromatic N) is 2. The van der Waals surface area contributed by atoms with Crippen LogP contribution in [0.25, 0.3) is 5.52 Å². The fraction of sp³-hybridized carbons (Fsp3) is 0.263. The van der Waals surface area contributed by atoms with Crippen molar-refractivity contribution in [1.82, 2.24) is 14.7 Å². The monoisotopic (exact) mass is 307 g/mol. The van der Waals surface area contributed by atoms with Gasteiger partial charge in [0.1, 0.15) is 5.82 Å². The molecule has 0 atom stereocenters. The lowest BCUT2D eigenvalue weighted by molar-refractivity contribution is -0.121. The molecule has 0 fully saturated rings. The number of hydrogen-bond acceptors (Lipinski definition) is 2. The molecule has 0 radical (unpaired) electrons. The molecule has 1 aromatic carbocycles. The predicted molar refractivity (Wildman–Crippen MR) is 91.2 cm³/mol. The maximum Gasteiger partial charge on any atom is 0.220 e. The quantitative estimate of drug-likeness (QED) is 0.759. The van der Waals surface area contributed by atoms with Crippen LogP contribution in [0.4, 0.5) is 0 Å². The summed E-state index contributed by atoms with van der Waals surface area (Å²) in [6, 6.07) is 14.4. The zero-order valence-electron chi connectivity index (χ0n) is 13.3. The van der Waals surface area contributed by atoms with Crippen molar-refractivity contribution in [3.05, 3.63) is 71.8 Å². The Morgan fingerprint density at radius 1 is 1.17 bits per heavy atom. The molecule has 0 aliphatic carbocycles. The number of amides is 1. The summed E-state index contributed by atoms with van der Waals surface area (Å²) in [7, 11) is 0. The third-order valence-electron chi connectivity index (χ3n) is 3.95. The van der Waals surface area contributed by atoms with Crippen LogP contribution in [-0.2, 0) is 17.8 Å². The average Bonchev–Trinajstić information content (AvgIpc) is 2.98. The lowest BCUT2D eigenvalue weighted by Gasteiger charge is -2.05. The molecule has 23 heavy (non-hydrogen) atoms. The van der Waals surface area contributed by atoms with Gasteiger partial charge in [-0.05, 0) is 37.5 Å². The molecule has 0 unspecified atom stereocenters. The third-order valence-corrected chi connectivity index (χ3v) is 3.95. The second-order valence-corrected chi connectivity index (χ2v) is 5.79. The van der Waals surface area contributed by atoms with Gasteiger partial charge in [0, 0.05) is 12.6 Å². The molecular weight excluding hydrogens is 286 g/mol. The molecular formula is C19H21N3O. The van der Waals surface area contributed by atoms with Gasteiger partial charge < -0.3 is 9.72 Å². The first-order valence-electron chi connectivity index (χ1n) is 7.95. The summed E-state index contributed by atoms with van der Waals surface area (Å²) >= 11 is 0. The van der Waals surface area contributed by atoms with Crippen LogP contribution in [0.3, 0.4) is 0 Å². The Morgan fingerprint density at radius 2 is 2.00 bits per heavy atom. The summed E-state index contributed by atoms with van der Waals surface area (Å²) in [5, 5.41) is 2.95. The summed E-state index contributed by atoms with van der Waals surface area (Å²) < 4.78 is 1.99. The van der Waals surface area contributed by atoms with Crippen LogP contribution in [-0.4, -0.2) is 15.3 Å². The number of aryl methyl sites for hydroxylation is 2. The molecule has 1 N–H and O–H groups in total. The third kappa shape index (κ3) is 3.97. The molecule has 0 saturated heterocycles. The van der Waals surface area contributed by atoms with Crippen molar-refractivity contribution < 1.29 is 4.79 Å². The standard InChI is InChI=1S/C19H21N3O/c1-15-8-10-16(11-9-15)5-4-7-19(23)21-14-18-20-13-17-6-2-3-12-22(17)18/h2-3,6,8-13H,4-5,7,14H2,1H3,(H,21,23). The van der Waals surface area contributed by atoms with Gasteiger partial charge in [-0.3, -0.25) is 4.79 Å². The van der Waals surface area contributed by atoms with Gasteiger partial charge in [0.15, 0.2) is 0 Å². The minimum absolute atomic E-state index is 0.0739. The van der Waals surface area contributed by atoms with E-state index in [1.807, 2.05) is 35.0 Å². The van der Waals surface area contributed by atoms with E-state index in [0.717, 1.165) is 24.2 Å². The van der Waals surface area contributed by atoms with E-state index in [1.165, 1.54) is 11.1 Å². The van der Waals surface area contributed by atoms with Gasteiger partial charge in [0.05, 0.1) is 18.3 Å². The largest absolute Gasteiger partial charge is 0.349 e. The number of carbonyl (C=O) groups excluding carboxylic acids is 1. The van der Waals surface area contributed by atoms with Gasteiger partial charge in [-0.1, -0.05) is 35.9 Å². The van der Waals surface area contributed by atoms with Crippen LogP contribution in [0.1, 0.15) is 29.8 Å². The second kappa shape index (κ2) is 7.09. The van der Waals surface area contributed by atoms with Crippen LogP contribution in [0.2, 0.25) is 0 Å². The lowest BCUT2D eigenvalue weighted by atomic mass is 10.1. The number of aromatic nitrogens is 2. The summed E-state index contributed by atoms with van der Waals surface area (Å²) in [5.74, 6) is 0.928. The molecule has 4 nitrogen and oxygen atoms in total. The van der Waals surface area contributed by atoms with E-state index in [2.05, 4.69) is 41.5 Å². The average molecular weight is 307 g/mol. The molecule has 0 aliphatic rings.